The monoisotopic (exact) mass is 313 g/mol. The summed E-state index contributed by atoms with van der Waals surface area (Å²) < 4.78 is 5.90. The van der Waals surface area contributed by atoms with Gasteiger partial charge in [-0.2, -0.15) is 11.8 Å². The van der Waals surface area contributed by atoms with Gasteiger partial charge in [0.2, 0.25) is 0 Å². The Morgan fingerprint density at radius 3 is 3.00 bits per heavy atom. The number of fused-ring (bicyclic) bond motifs is 1. The molecular weight excluding hydrogens is 290 g/mol. The van der Waals surface area contributed by atoms with Crippen molar-refractivity contribution in [3.63, 3.8) is 0 Å². The first-order valence-electron chi connectivity index (χ1n) is 7.44. The zero-order valence-corrected chi connectivity index (χ0v) is 13.7. The maximum Gasteiger partial charge on any atom is 0.123 e. The Hall–Kier alpha value is -0.380. The van der Waals surface area contributed by atoms with Crippen LogP contribution in [0.3, 0.4) is 0 Å². The van der Waals surface area contributed by atoms with Gasteiger partial charge in [-0.15, -0.1) is 0 Å². The molecule has 2 nitrogen and oxygen atoms in total. The fourth-order valence-corrected chi connectivity index (χ4v) is 3.20. The number of rotatable bonds is 9. The maximum absolute atomic E-state index is 6.00. The lowest BCUT2D eigenvalue weighted by atomic mass is 10.1. The van der Waals surface area contributed by atoms with E-state index >= 15 is 0 Å². The topological polar surface area (TPSA) is 21.3 Å². The molecule has 2 rings (SSSR count). The predicted molar refractivity (Wildman–Crippen MR) is 89.3 cm³/mol. The lowest BCUT2D eigenvalue weighted by Gasteiger charge is -2.11. The minimum atomic E-state index is 0.264. The molecule has 20 heavy (non-hydrogen) atoms. The second kappa shape index (κ2) is 8.81. The summed E-state index contributed by atoms with van der Waals surface area (Å²) in [6, 6.07) is 5.89. The van der Waals surface area contributed by atoms with Gasteiger partial charge in [0.1, 0.15) is 11.9 Å². The van der Waals surface area contributed by atoms with E-state index in [0.29, 0.717) is 0 Å². The van der Waals surface area contributed by atoms with Gasteiger partial charge in [-0.05, 0) is 55.2 Å². The Kier molecular flexibility index (Phi) is 7.05. The highest BCUT2D eigenvalue weighted by molar-refractivity contribution is 7.98. The molecule has 0 spiro atoms. The van der Waals surface area contributed by atoms with Crippen molar-refractivity contribution in [2.24, 2.45) is 0 Å². The largest absolute Gasteiger partial charge is 0.488 e. The molecular formula is C16H24ClNOS. The number of ether oxygens (including phenoxy) is 1. The summed E-state index contributed by atoms with van der Waals surface area (Å²) in [5.41, 5.74) is 1.24. The van der Waals surface area contributed by atoms with Crippen molar-refractivity contribution in [1.82, 2.24) is 5.32 Å². The Balaban J connectivity index is 1.54. The lowest BCUT2D eigenvalue weighted by molar-refractivity contribution is 0.227. The van der Waals surface area contributed by atoms with Crippen LogP contribution >= 0.6 is 23.4 Å². The summed E-state index contributed by atoms with van der Waals surface area (Å²) in [6.07, 6.45) is 8.70. The fraction of sp³-hybridized carbons (Fsp3) is 0.625. The molecule has 1 unspecified atom stereocenters. The number of nitrogens with one attached hydrogen (secondary N) is 1. The average Bonchev–Trinajstić information content (AvgIpc) is 2.83. The first-order chi connectivity index (χ1) is 9.79. The van der Waals surface area contributed by atoms with Gasteiger partial charge in [0.05, 0.1) is 0 Å². The smallest absolute Gasteiger partial charge is 0.123 e. The molecule has 4 heteroatoms. The van der Waals surface area contributed by atoms with E-state index in [1.807, 2.05) is 30.0 Å². The highest BCUT2D eigenvalue weighted by Crippen LogP contribution is 2.30. The highest BCUT2D eigenvalue weighted by atomic mass is 35.5. The lowest BCUT2D eigenvalue weighted by Crippen LogP contribution is -2.30. The fourth-order valence-electron chi connectivity index (χ4n) is 2.52. The van der Waals surface area contributed by atoms with E-state index in [9.17, 15) is 0 Å². The number of thioether (sulfide) groups is 1. The van der Waals surface area contributed by atoms with Gasteiger partial charge in [-0.25, -0.2) is 0 Å². The standard InChI is InChI=1S/C16H24ClNOS/c1-20-9-5-3-2-4-8-18-12-15-11-13-10-14(17)6-7-16(13)19-15/h6-7,10,15,18H,2-5,8-9,11-12H2,1H3. The Morgan fingerprint density at radius 2 is 2.15 bits per heavy atom. The molecule has 0 aromatic heterocycles. The summed E-state index contributed by atoms with van der Waals surface area (Å²) in [5.74, 6) is 2.29. The normalized spacial score (nSPS) is 17.0. The molecule has 1 heterocycles. The van der Waals surface area contributed by atoms with Gasteiger partial charge in [0.15, 0.2) is 0 Å². The van der Waals surface area contributed by atoms with Crippen LogP contribution in [0, 0.1) is 0 Å². The molecule has 0 radical (unpaired) electrons. The molecule has 1 aliphatic heterocycles. The van der Waals surface area contributed by atoms with Crippen LogP contribution in [0.1, 0.15) is 31.2 Å². The first-order valence-corrected chi connectivity index (χ1v) is 9.21. The molecule has 1 aliphatic rings. The zero-order chi connectivity index (χ0) is 14.2. The van der Waals surface area contributed by atoms with Crippen LogP contribution in [-0.4, -0.2) is 31.2 Å². The van der Waals surface area contributed by atoms with Crippen LogP contribution < -0.4 is 10.1 Å². The van der Waals surface area contributed by atoms with Crippen molar-refractivity contribution < 1.29 is 4.74 Å². The molecule has 0 amide bonds. The summed E-state index contributed by atoms with van der Waals surface area (Å²) in [4.78, 5) is 0. The number of hydrogen-bond acceptors (Lipinski definition) is 3. The van der Waals surface area contributed by atoms with E-state index in [-0.39, 0.29) is 6.10 Å². The highest BCUT2D eigenvalue weighted by Gasteiger charge is 2.22. The predicted octanol–water partition coefficient (Wildman–Crippen LogP) is 4.16. The van der Waals surface area contributed by atoms with Gasteiger partial charge < -0.3 is 10.1 Å². The zero-order valence-electron chi connectivity index (χ0n) is 12.2. The van der Waals surface area contributed by atoms with E-state index in [1.165, 1.54) is 37.0 Å². The van der Waals surface area contributed by atoms with E-state index in [1.54, 1.807) is 0 Å². The summed E-state index contributed by atoms with van der Waals surface area (Å²) in [7, 11) is 0. The number of benzene rings is 1. The SMILES string of the molecule is CSCCCCCCNCC1Cc2cc(Cl)ccc2O1. The number of unbranched alkanes of at least 4 members (excludes halogenated alkanes) is 3. The molecule has 1 aromatic rings. The number of hydrogen-bond donors (Lipinski definition) is 1. The summed E-state index contributed by atoms with van der Waals surface area (Å²) in [6.45, 7) is 2.02. The quantitative estimate of drug-likeness (QED) is 0.692. The molecule has 0 saturated carbocycles. The van der Waals surface area contributed by atoms with E-state index in [0.717, 1.165) is 30.3 Å². The van der Waals surface area contributed by atoms with Gasteiger partial charge in [-0.3, -0.25) is 0 Å². The van der Waals surface area contributed by atoms with Crippen molar-refractivity contribution >= 4 is 23.4 Å². The Morgan fingerprint density at radius 1 is 1.30 bits per heavy atom. The van der Waals surface area contributed by atoms with Gasteiger partial charge in [0, 0.05) is 18.0 Å². The second-order valence-electron chi connectivity index (χ2n) is 5.31. The van der Waals surface area contributed by atoms with Crippen LogP contribution in [0.2, 0.25) is 5.02 Å². The van der Waals surface area contributed by atoms with Crippen molar-refractivity contribution in [3.05, 3.63) is 28.8 Å². The van der Waals surface area contributed by atoms with E-state index in [4.69, 9.17) is 16.3 Å². The van der Waals surface area contributed by atoms with E-state index in [2.05, 4.69) is 11.6 Å². The third kappa shape index (κ3) is 5.19. The molecule has 0 saturated heterocycles. The first kappa shape index (κ1) is 16.0. The van der Waals surface area contributed by atoms with Crippen LogP contribution in [0.4, 0.5) is 0 Å². The van der Waals surface area contributed by atoms with Crippen LogP contribution in [0.5, 0.6) is 5.75 Å². The third-order valence-electron chi connectivity index (χ3n) is 3.59. The number of halogens is 1. The van der Waals surface area contributed by atoms with Gasteiger partial charge in [0.25, 0.3) is 0 Å². The molecule has 112 valence electrons. The minimum Gasteiger partial charge on any atom is -0.488 e. The van der Waals surface area contributed by atoms with Crippen molar-refractivity contribution in [2.75, 3.05) is 25.1 Å². The van der Waals surface area contributed by atoms with E-state index < -0.39 is 0 Å². The summed E-state index contributed by atoms with van der Waals surface area (Å²) >= 11 is 7.94. The molecule has 0 aliphatic carbocycles. The molecule has 1 atom stereocenters. The van der Waals surface area contributed by atoms with Crippen LogP contribution in [0.25, 0.3) is 0 Å². The van der Waals surface area contributed by atoms with Crippen molar-refractivity contribution in [1.29, 1.82) is 0 Å². The third-order valence-corrected chi connectivity index (χ3v) is 4.52. The summed E-state index contributed by atoms with van der Waals surface area (Å²) in [5, 5.41) is 4.30. The molecule has 0 bridgehead atoms. The van der Waals surface area contributed by atoms with Crippen LogP contribution in [0.15, 0.2) is 18.2 Å². The molecule has 0 fully saturated rings. The van der Waals surface area contributed by atoms with Gasteiger partial charge in [-0.1, -0.05) is 24.4 Å². The minimum absolute atomic E-state index is 0.264. The Bertz CT molecular complexity index is 413. The molecule has 1 N–H and O–H groups in total. The van der Waals surface area contributed by atoms with Crippen molar-refractivity contribution in [3.8, 4) is 5.75 Å². The van der Waals surface area contributed by atoms with Gasteiger partial charge >= 0.3 is 0 Å². The Labute approximate surface area is 131 Å². The van der Waals surface area contributed by atoms with Crippen LogP contribution in [-0.2, 0) is 6.42 Å². The average molecular weight is 314 g/mol. The van der Waals surface area contributed by atoms with Crippen molar-refractivity contribution in [2.45, 2.75) is 38.2 Å². The maximum atomic E-state index is 6.00. The molecule has 1 aromatic carbocycles. The second-order valence-corrected chi connectivity index (χ2v) is 6.73.